The highest BCUT2D eigenvalue weighted by Gasteiger charge is 2.29. The average Bonchev–Trinajstić information content (AvgIpc) is 3.44. The highest BCUT2D eigenvalue weighted by molar-refractivity contribution is 7.12. The molecular formula is C21H21N5S. The minimum atomic E-state index is 0.722. The van der Waals surface area contributed by atoms with Crippen LogP contribution < -0.4 is 5.32 Å². The second kappa shape index (κ2) is 5.78. The van der Waals surface area contributed by atoms with Crippen molar-refractivity contribution in [3.63, 3.8) is 0 Å². The van der Waals surface area contributed by atoms with Gasteiger partial charge in [-0.1, -0.05) is 12.1 Å². The maximum Gasteiger partial charge on any atom is 0.0963 e. The van der Waals surface area contributed by atoms with E-state index in [4.69, 9.17) is 0 Å². The largest absolute Gasteiger partial charge is 0.317 e. The summed E-state index contributed by atoms with van der Waals surface area (Å²) in [6, 6.07) is 8.92. The summed E-state index contributed by atoms with van der Waals surface area (Å²) in [7, 11) is 1.99. The van der Waals surface area contributed by atoms with Gasteiger partial charge in [0.25, 0.3) is 0 Å². The summed E-state index contributed by atoms with van der Waals surface area (Å²) >= 11 is 2.01. The minimum absolute atomic E-state index is 0.722. The lowest BCUT2D eigenvalue weighted by Crippen LogP contribution is -2.26. The Hall–Kier alpha value is -2.44. The number of fused-ring (bicyclic) bond motifs is 4. The molecule has 0 saturated carbocycles. The van der Waals surface area contributed by atoms with E-state index in [0.29, 0.717) is 0 Å². The fourth-order valence-corrected chi connectivity index (χ4v) is 5.90. The van der Waals surface area contributed by atoms with E-state index in [-0.39, 0.29) is 0 Å². The quantitative estimate of drug-likeness (QED) is 0.489. The first-order valence-corrected chi connectivity index (χ1v) is 10.4. The van der Waals surface area contributed by atoms with Crippen molar-refractivity contribution in [2.45, 2.75) is 25.2 Å². The summed E-state index contributed by atoms with van der Waals surface area (Å²) in [6.45, 7) is 2.28. The van der Waals surface area contributed by atoms with E-state index in [1.54, 1.807) is 4.88 Å². The first kappa shape index (κ1) is 15.6. The lowest BCUT2D eigenvalue weighted by Gasteiger charge is -2.21. The van der Waals surface area contributed by atoms with Crippen LogP contribution in [0.2, 0.25) is 0 Å². The molecule has 136 valence electrons. The van der Waals surface area contributed by atoms with Gasteiger partial charge in [-0.2, -0.15) is 10.2 Å². The van der Waals surface area contributed by atoms with Crippen molar-refractivity contribution in [3.05, 3.63) is 45.8 Å². The highest BCUT2D eigenvalue weighted by Crippen LogP contribution is 2.46. The van der Waals surface area contributed by atoms with Crippen LogP contribution in [0, 0.1) is 0 Å². The molecule has 6 rings (SSSR count). The molecule has 0 unspecified atom stereocenters. The zero-order chi connectivity index (χ0) is 18.0. The van der Waals surface area contributed by atoms with E-state index in [1.165, 1.54) is 39.9 Å². The second-order valence-electron chi connectivity index (χ2n) is 7.65. The SMILES string of the molecule is Cn1ncc2ccc(-c3n[nH]c4c3Cc3sc(C5CCNCC5)cc3-4)cc21. The lowest BCUT2D eigenvalue weighted by molar-refractivity contribution is 0.465. The first-order chi connectivity index (χ1) is 13.3. The number of benzene rings is 1. The van der Waals surface area contributed by atoms with E-state index in [9.17, 15) is 0 Å². The van der Waals surface area contributed by atoms with Crippen molar-refractivity contribution in [2.24, 2.45) is 7.05 Å². The number of rotatable bonds is 2. The number of H-pyrrole nitrogens is 1. The Labute approximate surface area is 161 Å². The molecule has 1 fully saturated rings. The van der Waals surface area contributed by atoms with E-state index in [0.717, 1.165) is 42.2 Å². The molecule has 0 radical (unpaired) electrons. The van der Waals surface area contributed by atoms with Crippen molar-refractivity contribution >= 4 is 22.2 Å². The molecule has 0 spiro atoms. The van der Waals surface area contributed by atoms with Crippen molar-refractivity contribution < 1.29 is 0 Å². The van der Waals surface area contributed by atoms with Crippen molar-refractivity contribution in [1.82, 2.24) is 25.3 Å². The predicted molar refractivity (Wildman–Crippen MR) is 109 cm³/mol. The Morgan fingerprint density at radius 1 is 1.19 bits per heavy atom. The van der Waals surface area contributed by atoms with E-state index >= 15 is 0 Å². The Balaban J connectivity index is 1.39. The van der Waals surface area contributed by atoms with Crippen molar-refractivity contribution in [3.8, 4) is 22.5 Å². The van der Waals surface area contributed by atoms with Crippen molar-refractivity contribution in [1.29, 1.82) is 0 Å². The number of hydrogen-bond acceptors (Lipinski definition) is 4. The zero-order valence-electron chi connectivity index (χ0n) is 15.2. The van der Waals surface area contributed by atoms with Crippen LogP contribution in [0.25, 0.3) is 33.4 Å². The minimum Gasteiger partial charge on any atom is -0.317 e. The third-order valence-corrected chi connectivity index (χ3v) is 7.36. The number of aryl methyl sites for hydroxylation is 1. The molecule has 1 aromatic carbocycles. The molecule has 0 atom stereocenters. The van der Waals surface area contributed by atoms with Crippen LogP contribution in [0.5, 0.6) is 0 Å². The van der Waals surface area contributed by atoms with Crippen LogP contribution >= 0.6 is 11.3 Å². The Morgan fingerprint density at radius 2 is 2.07 bits per heavy atom. The number of aromatic nitrogens is 4. The van der Waals surface area contributed by atoms with Crippen LogP contribution in [0.1, 0.15) is 34.1 Å². The highest BCUT2D eigenvalue weighted by atomic mass is 32.1. The summed E-state index contributed by atoms with van der Waals surface area (Å²) in [5.41, 5.74) is 7.34. The number of nitrogens with zero attached hydrogens (tertiary/aromatic N) is 3. The van der Waals surface area contributed by atoms with Gasteiger partial charge in [-0.25, -0.2) is 0 Å². The lowest BCUT2D eigenvalue weighted by atomic mass is 9.96. The molecule has 2 aliphatic rings. The molecule has 27 heavy (non-hydrogen) atoms. The van der Waals surface area contributed by atoms with Crippen LogP contribution in [-0.2, 0) is 13.5 Å². The average molecular weight is 376 g/mol. The molecule has 0 amide bonds. The van der Waals surface area contributed by atoms with Gasteiger partial charge >= 0.3 is 0 Å². The molecule has 1 aliphatic carbocycles. The molecule has 4 heterocycles. The van der Waals surface area contributed by atoms with Crippen LogP contribution in [0.3, 0.4) is 0 Å². The number of thiophene rings is 1. The predicted octanol–water partition coefficient (Wildman–Crippen LogP) is 4.06. The Morgan fingerprint density at radius 3 is 2.96 bits per heavy atom. The zero-order valence-corrected chi connectivity index (χ0v) is 16.1. The maximum absolute atomic E-state index is 4.69. The standard InChI is InChI=1S/C21H21N5S/c1-26-17-8-13(2-3-14(17)11-23-26)20-16-10-19-15(21(16)25-24-20)9-18(27-19)12-4-6-22-7-5-12/h2-3,8-9,11-12,22H,4-7,10H2,1H3,(H,24,25). The summed E-state index contributed by atoms with van der Waals surface area (Å²) in [6.07, 6.45) is 5.42. The summed E-state index contributed by atoms with van der Waals surface area (Å²) in [5.74, 6) is 0.722. The topological polar surface area (TPSA) is 58.5 Å². The van der Waals surface area contributed by atoms with Gasteiger partial charge in [0.05, 0.1) is 23.1 Å². The molecule has 6 heteroatoms. The molecule has 0 bridgehead atoms. The summed E-state index contributed by atoms with van der Waals surface area (Å²) in [4.78, 5) is 3.05. The fourth-order valence-electron chi connectivity index (χ4n) is 4.55. The fraction of sp³-hybridized carbons (Fsp3) is 0.333. The maximum atomic E-state index is 4.69. The molecule has 1 aliphatic heterocycles. The Kier molecular flexibility index (Phi) is 3.34. The van der Waals surface area contributed by atoms with Gasteiger partial charge in [-0.15, -0.1) is 11.3 Å². The van der Waals surface area contributed by atoms with Gasteiger partial charge in [0.1, 0.15) is 0 Å². The third kappa shape index (κ3) is 2.33. The number of piperidine rings is 1. The molecule has 5 nitrogen and oxygen atoms in total. The van der Waals surface area contributed by atoms with E-state index < -0.39 is 0 Å². The molecular weight excluding hydrogens is 354 g/mol. The van der Waals surface area contributed by atoms with Gasteiger partial charge in [0.15, 0.2) is 0 Å². The normalized spacial score (nSPS) is 16.8. The summed E-state index contributed by atoms with van der Waals surface area (Å²) in [5, 5.41) is 17.0. The smallest absolute Gasteiger partial charge is 0.0963 e. The van der Waals surface area contributed by atoms with Crippen molar-refractivity contribution in [2.75, 3.05) is 13.1 Å². The van der Waals surface area contributed by atoms with Gasteiger partial charge in [-0.05, 0) is 44.0 Å². The molecule has 2 N–H and O–H groups in total. The monoisotopic (exact) mass is 375 g/mol. The first-order valence-electron chi connectivity index (χ1n) is 9.61. The molecule has 1 saturated heterocycles. The summed E-state index contributed by atoms with van der Waals surface area (Å²) < 4.78 is 1.92. The van der Waals surface area contributed by atoms with Gasteiger partial charge in [0, 0.05) is 45.3 Å². The van der Waals surface area contributed by atoms with Gasteiger partial charge in [0.2, 0.25) is 0 Å². The molecule has 4 aromatic rings. The second-order valence-corrected chi connectivity index (χ2v) is 8.82. The number of aromatic amines is 1. The Bertz CT molecular complexity index is 1160. The van der Waals surface area contributed by atoms with E-state index in [2.05, 4.69) is 44.9 Å². The van der Waals surface area contributed by atoms with Crippen LogP contribution in [0.4, 0.5) is 0 Å². The number of nitrogens with one attached hydrogen (secondary N) is 2. The third-order valence-electron chi connectivity index (χ3n) is 6.07. The van der Waals surface area contributed by atoms with Crippen LogP contribution in [-0.4, -0.2) is 33.1 Å². The van der Waals surface area contributed by atoms with E-state index in [1.807, 2.05) is 29.3 Å². The number of hydrogen-bond donors (Lipinski definition) is 2. The van der Waals surface area contributed by atoms with Gasteiger partial charge in [-0.3, -0.25) is 9.78 Å². The van der Waals surface area contributed by atoms with Gasteiger partial charge < -0.3 is 5.32 Å². The molecule has 3 aromatic heterocycles. The van der Waals surface area contributed by atoms with Crippen LogP contribution in [0.15, 0.2) is 30.5 Å².